The largest absolute Gasteiger partial charge is 0.333 e. The van der Waals surface area contributed by atoms with E-state index in [4.69, 9.17) is 0 Å². The van der Waals surface area contributed by atoms with Crippen LogP contribution in [0.25, 0.3) is 10.8 Å². The van der Waals surface area contributed by atoms with Crippen molar-refractivity contribution in [3.63, 3.8) is 0 Å². The summed E-state index contributed by atoms with van der Waals surface area (Å²) in [6.07, 6.45) is 4.72. The van der Waals surface area contributed by atoms with Crippen LogP contribution in [0.4, 0.5) is 4.79 Å². The van der Waals surface area contributed by atoms with E-state index in [1.165, 1.54) is 5.56 Å². The molecule has 5 rings (SSSR count). The lowest BCUT2D eigenvalue weighted by Crippen LogP contribution is -2.51. The van der Waals surface area contributed by atoms with Gasteiger partial charge in [0.2, 0.25) is 0 Å². The summed E-state index contributed by atoms with van der Waals surface area (Å²) in [4.78, 5) is 26.6. The molecule has 160 valence electrons. The molecule has 1 saturated heterocycles. The van der Waals surface area contributed by atoms with Gasteiger partial charge in [-0.3, -0.25) is 4.79 Å². The summed E-state index contributed by atoms with van der Waals surface area (Å²) in [6, 6.07) is 18.5. The van der Waals surface area contributed by atoms with Crippen LogP contribution in [-0.2, 0) is 12.8 Å². The number of urea groups is 1. The number of amides is 2. The van der Waals surface area contributed by atoms with Crippen molar-refractivity contribution in [3.05, 3.63) is 76.2 Å². The Morgan fingerprint density at radius 3 is 2.52 bits per heavy atom. The number of fused-ring (bicyclic) bond motifs is 1. The number of nitrogens with zero attached hydrogens (tertiary/aromatic N) is 2. The van der Waals surface area contributed by atoms with E-state index >= 15 is 0 Å². The number of rotatable bonds is 6. The highest BCUT2D eigenvalue weighted by Crippen LogP contribution is 2.47. The Hall–Kier alpha value is -3.15. The smallest absolute Gasteiger partial charge is 0.318 e. The Labute approximate surface area is 181 Å². The van der Waals surface area contributed by atoms with Gasteiger partial charge in [0, 0.05) is 18.0 Å². The first kappa shape index (κ1) is 19.8. The number of H-pyrrole nitrogens is 1. The molecule has 0 bridgehead atoms. The molecule has 1 saturated carbocycles. The predicted octanol–water partition coefficient (Wildman–Crippen LogP) is 3.66. The third-order valence-corrected chi connectivity index (χ3v) is 6.97. The first-order valence-corrected chi connectivity index (χ1v) is 11.1. The van der Waals surface area contributed by atoms with E-state index in [1.807, 2.05) is 47.4 Å². The summed E-state index contributed by atoms with van der Waals surface area (Å²) < 4.78 is 0. The van der Waals surface area contributed by atoms with Gasteiger partial charge in [0.15, 0.2) is 0 Å². The van der Waals surface area contributed by atoms with Gasteiger partial charge < -0.3 is 10.2 Å². The number of nitrogens with one attached hydrogen (secondary N) is 2. The average Bonchev–Trinajstić information content (AvgIpc) is 3.12. The Kier molecular flexibility index (Phi) is 5.00. The third kappa shape index (κ3) is 3.94. The van der Waals surface area contributed by atoms with E-state index in [0.717, 1.165) is 49.7 Å². The number of aromatic nitrogens is 2. The fourth-order valence-corrected chi connectivity index (χ4v) is 5.24. The van der Waals surface area contributed by atoms with Crippen molar-refractivity contribution >= 4 is 16.8 Å². The van der Waals surface area contributed by atoms with E-state index in [9.17, 15) is 9.59 Å². The van der Waals surface area contributed by atoms with E-state index in [0.29, 0.717) is 11.4 Å². The number of benzene rings is 2. The monoisotopic (exact) mass is 416 g/mol. The summed E-state index contributed by atoms with van der Waals surface area (Å²) in [5.41, 5.74) is 2.26. The lowest BCUT2D eigenvalue weighted by molar-refractivity contribution is 0.0355. The van der Waals surface area contributed by atoms with Gasteiger partial charge in [-0.05, 0) is 49.1 Å². The molecule has 1 atom stereocenters. The number of aromatic amines is 1. The fraction of sp³-hybridized carbons (Fsp3) is 0.400. The third-order valence-electron chi connectivity index (χ3n) is 6.97. The SMILES string of the molecule is CC1(CCc2n[nH]c(=O)c3ccccc23)CC(N2C[C@H](Cc3ccccc3)NC2=O)C1. The van der Waals surface area contributed by atoms with Crippen LogP contribution in [-0.4, -0.2) is 39.8 Å². The Morgan fingerprint density at radius 1 is 1.03 bits per heavy atom. The zero-order valence-corrected chi connectivity index (χ0v) is 17.8. The normalized spacial score (nSPS) is 25.5. The minimum absolute atomic E-state index is 0.0706. The summed E-state index contributed by atoms with van der Waals surface area (Å²) in [5, 5.41) is 11.7. The molecule has 0 unspecified atom stereocenters. The van der Waals surface area contributed by atoms with Gasteiger partial charge in [-0.2, -0.15) is 5.10 Å². The second kappa shape index (κ2) is 7.84. The molecular weight excluding hydrogens is 388 g/mol. The number of carbonyl (C=O) groups excluding carboxylic acids is 1. The Balaban J connectivity index is 1.18. The van der Waals surface area contributed by atoms with Crippen LogP contribution in [0.5, 0.6) is 0 Å². The van der Waals surface area contributed by atoms with E-state index in [-0.39, 0.29) is 23.0 Å². The van der Waals surface area contributed by atoms with Gasteiger partial charge in [-0.25, -0.2) is 9.89 Å². The summed E-state index contributed by atoms with van der Waals surface area (Å²) in [5.74, 6) is 0. The van der Waals surface area contributed by atoms with Crippen LogP contribution in [0.15, 0.2) is 59.4 Å². The first-order chi connectivity index (χ1) is 15.0. The molecule has 6 nitrogen and oxygen atoms in total. The van der Waals surface area contributed by atoms with Crippen LogP contribution in [0.2, 0.25) is 0 Å². The average molecular weight is 417 g/mol. The van der Waals surface area contributed by atoms with Crippen molar-refractivity contribution in [2.45, 2.75) is 51.1 Å². The van der Waals surface area contributed by atoms with Gasteiger partial charge in [0.1, 0.15) is 0 Å². The lowest BCUT2D eigenvalue weighted by Gasteiger charge is -2.49. The van der Waals surface area contributed by atoms with E-state index in [1.54, 1.807) is 0 Å². The van der Waals surface area contributed by atoms with Crippen LogP contribution in [0, 0.1) is 5.41 Å². The topological polar surface area (TPSA) is 78.1 Å². The molecule has 1 aliphatic carbocycles. The van der Waals surface area contributed by atoms with Gasteiger partial charge >= 0.3 is 6.03 Å². The van der Waals surface area contributed by atoms with Crippen molar-refractivity contribution in [3.8, 4) is 0 Å². The molecule has 2 heterocycles. The Morgan fingerprint density at radius 2 is 1.74 bits per heavy atom. The van der Waals surface area contributed by atoms with Gasteiger partial charge in [-0.1, -0.05) is 55.5 Å². The minimum Gasteiger partial charge on any atom is -0.333 e. The first-order valence-electron chi connectivity index (χ1n) is 11.1. The molecule has 1 aromatic heterocycles. The van der Waals surface area contributed by atoms with Crippen molar-refractivity contribution in [2.75, 3.05) is 6.54 Å². The molecule has 0 spiro atoms. The van der Waals surface area contributed by atoms with Crippen LogP contribution < -0.4 is 10.9 Å². The molecule has 6 heteroatoms. The van der Waals surface area contributed by atoms with E-state index in [2.05, 4.69) is 34.6 Å². The highest BCUT2D eigenvalue weighted by atomic mass is 16.2. The summed E-state index contributed by atoms with van der Waals surface area (Å²) in [6.45, 7) is 3.08. The predicted molar refractivity (Wildman–Crippen MR) is 121 cm³/mol. The van der Waals surface area contributed by atoms with Crippen molar-refractivity contribution in [2.24, 2.45) is 5.41 Å². The standard InChI is InChI=1S/C25H28N4O2/c1-25(12-11-22-20-9-5-6-10-21(20)23(30)28-27-22)14-19(15-25)29-16-18(26-24(29)31)13-17-7-3-2-4-8-17/h2-10,18-19H,11-16H2,1H3,(H,26,31)(H,28,30)/t18-,19?,25?/m0/s1. The summed E-state index contributed by atoms with van der Waals surface area (Å²) >= 11 is 0. The fourth-order valence-electron chi connectivity index (χ4n) is 5.24. The van der Waals surface area contributed by atoms with Crippen LogP contribution >= 0.6 is 0 Å². The van der Waals surface area contributed by atoms with Crippen LogP contribution in [0.1, 0.15) is 37.4 Å². The van der Waals surface area contributed by atoms with Gasteiger partial charge in [0.25, 0.3) is 5.56 Å². The number of carbonyl (C=O) groups is 1. The quantitative estimate of drug-likeness (QED) is 0.644. The maximum absolute atomic E-state index is 12.5. The lowest BCUT2D eigenvalue weighted by atomic mass is 9.63. The Bertz CT molecular complexity index is 1150. The second-order valence-corrected chi connectivity index (χ2v) is 9.41. The van der Waals surface area contributed by atoms with Gasteiger partial charge in [0.05, 0.1) is 17.1 Å². The highest BCUT2D eigenvalue weighted by Gasteiger charge is 2.46. The molecule has 2 aliphatic rings. The molecule has 2 aromatic carbocycles. The number of hydrogen-bond acceptors (Lipinski definition) is 3. The van der Waals surface area contributed by atoms with Gasteiger partial charge in [-0.15, -0.1) is 0 Å². The molecule has 1 aliphatic heterocycles. The zero-order valence-electron chi connectivity index (χ0n) is 17.8. The molecular formula is C25H28N4O2. The van der Waals surface area contributed by atoms with Crippen LogP contribution in [0.3, 0.4) is 0 Å². The maximum atomic E-state index is 12.5. The zero-order chi connectivity index (χ0) is 21.4. The molecule has 2 N–H and O–H groups in total. The molecule has 2 fully saturated rings. The second-order valence-electron chi connectivity index (χ2n) is 9.41. The maximum Gasteiger partial charge on any atom is 0.318 e. The molecule has 3 aromatic rings. The van der Waals surface area contributed by atoms with Crippen molar-refractivity contribution < 1.29 is 4.79 Å². The summed E-state index contributed by atoms with van der Waals surface area (Å²) in [7, 11) is 0. The number of aryl methyl sites for hydroxylation is 1. The highest BCUT2D eigenvalue weighted by molar-refractivity contribution is 5.83. The van der Waals surface area contributed by atoms with Crippen molar-refractivity contribution in [1.29, 1.82) is 0 Å². The molecule has 0 radical (unpaired) electrons. The minimum atomic E-state index is -0.139. The number of hydrogen-bond donors (Lipinski definition) is 2. The molecule has 2 amide bonds. The molecule has 31 heavy (non-hydrogen) atoms. The van der Waals surface area contributed by atoms with Crippen molar-refractivity contribution in [1.82, 2.24) is 20.4 Å². The van der Waals surface area contributed by atoms with E-state index < -0.39 is 0 Å².